The van der Waals surface area contributed by atoms with Crippen LogP contribution in [0, 0.1) is 12.5 Å². The van der Waals surface area contributed by atoms with Crippen LogP contribution in [-0.2, 0) is 4.79 Å². The summed E-state index contributed by atoms with van der Waals surface area (Å²) >= 11 is 0. The fourth-order valence-corrected chi connectivity index (χ4v) is 0.878. The van der Waals surface area contributed by atoms with Crippen molar-refractivity contribution in [2.45, 2.75) is 6.92 Å². The van der Waals surface area contributed by atoms with Crippen molar-refractivity contribution in [3.05, 3.63) is 24.3 Å². The predicted molar refractivity (Wildman–Crippen MR) is 50.2 cm³/mol. The van der Waals surface area contributed by atoms with Crippen molar-refractivity contribution >= 4 is 11.6 Å². The van der Waals surface area contributed by atoms with Crippen molar-refractivity contribution in [2.24, 2.45) is 0 Å². The number of hydrogen-bond acceptors (Lipinski definition) is 2. The van der Waals surface area contributed by atoms with Gasteiger partial charge in [-0.1, -0.05) is 6.42 Å². The molecule has 1 aromatic carbocycles. The van der Waals surface area contributed by atoms with Gasteiger partial charge in [-0.15, -0.1) is 0 Å². The molecule has 1 rings (SSSR count). The lowest BCUT2D eigenvalue weighted by Gasteiger charge is -2.01. The Morgan fingerprint density at radius 1 is 1.46 bits per heavy atom. The highest BCUT2D eigenvalue weighted by atomic mass is 16.5. The summed E-state index contributed by atoms with van der Waals surface area (Å²) < 4.78 is 4.78. The molecule has 0 radical (unpaired) electrons. The molecule has 0 fully saturated rings. The Hall–Kier alpha value is -1.95. The van der Waals surface area contributed by atoms with E-state index >= 15 is 0 Å². The first-order valence-electron chi connectivity index (χ1n) is 3.72. The van der Waals surface area contributed by atoms with Gasteiger partial charge in [-0.25, -0.2) is 0 Å². The van der Waals surface area contributed by atoms with Crippen LogP contribution in [0.5, 0.6) is 5.75 Å². The van der Waals surface area contributed by atoms with Crippen LogP contribution in [0.1, 0.15) is 6.92 Å². The van der Waals surface area contributed by atoms with E-state index in [9.17, 15) is 4.79 Å². The van der Waals surface area contributed by atoms with E-state index < -0.39 is 0 Å². The normalized spacial score (nSPS) is 8.62. The van der Waals surface area contributed by atoms with Crippen LogP contribution < -0.4 is 10.1 Å². The fraction of sp³-hybridized carbons (Fsp3) is 0.100. The Labute approximate surface area is 76.7 Å². The standard InChI is InChI=1S/C10H9NO2/c1-3-13-10-6-4-9(5-7-10)11-8(2)12/h1,4-7H,2H3,(H,11,12). The van der Waals surface area contributed by atoms with Gasteiger partial charge in [0.05, 0.1) is 0 Å². The highest BCUT2D eigenvalue weighted by Gasteiger charge is 1.95. The lowest BCUT2D eigenvalue weighted by atomic mass is 10.3. The average Bonchev–Trinajstić information content (AvgIpc) is 2.08. The summed E-state index contributed by atoms with van der Waals surface area (Å²) in [5.41, 5.74) is 0.719. The van der Waals surface area contributed by atoms with Crippen LogP contribution in [0.3, 0.4) is 0 Å². The van der Waals surface area contributed by atoms with Crippen molar-refractivity contribution in [1.82, 2.24) is 0 Å². The van der Waals surface area contributed by atoms with Crippen LogP contribution in [0.2, 0.25) is 0 Å². The van der Waals surface area contributed by atoms with E-state index in [1.54, 1.807) is 24.3 Å². The maximum Gasteiger partial charge on any atom is 0.221 e. The van der Waals surface area contributed by atoms with Gasteiger partial charge in [0.15, 0.2) is 0 Å². The summed E-state index contributed by atoms with van der Waals surface area (Å²) in [6.45, 7) is 1.45. The molecule has 0 aliphatic rings. The molecule has 0 bridgehead atoms. The van der Waals surface area contributed by atoms with E-state index in [2.05, 4.69) is 11.4 Å². The summed E-state index contributed by atoms with van der Waals surface area (Å²) in [5.74, 6) is 0.474. The molecular formula is C10H9NO2. The molecule has 1 aromatic rings. The molecule has 13 heavy (non-hydrogen) atoms. The molecule has 0 aliphatic carbocycles. The molecular weight excluding hydrogens is 166 g/mol. The maximum atomic E-state index is 10.6. The van der Waals surface area contributed by atoms with Crippen molar-refractivity contribution in [3.8, 4) is 18.3 Å². The van der Waals surface area contributed by atoms with E-state index in [0.29, 0.717) is 5.75 Å². The highest BCUT2D eigenvalue weighted by molar-refractivity contribution is 5.88. The molecule has 3 nitrogen and oxygen atoms in total. The van der Waals surface area contributed by atoms with Gasteiger partial charge in [0, 0.05) is 12.6 Å². The number of amides is 1. The average molecular weight is 175 g/mol. The molecule has 0 unspecified atom stereocenters. The molecule has 0 spiro atoms. The Kier molecular flexibility index (Phi) is 2.93. The van der Waals surface area contributed by atoms with Gasteiger partial charge >= 0.3 is 0 Å². The first-order valence-corrected chi connectivity index (χ1v) is 3.72. The number of hydrogen-bond donors (Lipinski definition) is 1. The van der Waals surface area contributed by atoms with E-state index in [0.717, 1.165) is 5.69 Å². The molecule has 66 valence electrons. The quantitative estimate of drug-likeness (QED) is 0.693. The van der Waals surface area contributed by atoms with E-state index in [1.807, 2.05) is 0 Å². The number of carbonyl (C=O) groups is 1. The van der Waals surface area contributed by atoms with Crippen LogP contribution >= 0.6 is 0 Å². The Morgan fingerprint density at radius 3 is 2.54 bits per heavy atom. The lowest BCUT2D eigenvalue weighted by Crippen LogP contribution is -2.05. The number of nitrogens with one attached hydrogen (secondary N) is 1. The molecule has 0 atom stereocenters. The minimum atomic E-state index is -0.106. The molecule has 3 heteroatoms. The fourth-order valence-electron chi connectivity index (χ4n) is 0.878. The first-order chi connectivity index (χ1) is 6.22. The molecule has 0 aromatic heterocycles. The van der Waals surface area contributed by atoms with Crippen molar-refractivity contribution in [3.63, 3.8) is 0 Å². The zero-order valence-corrected chi connectivity index (χ0v) is 7.20. The van der Waals surface area contributed by atoms with Gasteiger partial charge in [-0.3, -0.25) is 4.79 Å². The second-order valence-corrected chi connectivity index (χ2v) is 2.43. The number of benzene rings is 1. The highest BCUT2D eigenvalue weighted by Crippen LogP contribution is 2.14. The van der Waals surface area contributed by atoms with Crippen molar-refractivity contribution in [1.29, 1.82) is 0 Å². The third-order valence-electron chi connectivity index (χ3n) is 1.35. The zero-order chi connectivity index (χ0) is 9.68. The third kappa shape index (κ3) is 2.88. The second kappa shape index (κ2) is 4.17. The molecule has 0 aliphatic heterocycles. The number of carbonyl (C=O) groups excluding carboxylic acids is 1. The topological polar surface area (TPSA) is 38.3 Å². The van der Waals surface area contributed by atoms with Gasteiger partial charge < -0.3 is 10.1 Å². The molecule has 0 saturated heterocycles. The monoisotopic (exact) mass is 175 g/mol. The number of anilines is 1. The van der Waals surface area contributed by atoms with Gasteiger partial charge in [-0.2, -0.15) is 0 Å². The minimum Gasteiger partial charge on any atom is -0.408 e. The Bertz CT molecular complexity index is 335. The Morgan fingerprint density at radius 2 is 2.08 bits per heavy atom. The molecule has 1 amide bonds. The van der Waals surface area contributed by atoms with Crippen molar-refractivity contribution in [2.75, 3.05) is 5.32 Å². The molecule has 1 N–H and O–H groups in total. The predicted octanol–water partition coefficient (Wildman–Crippen LogP) is 1.61. The van der Waals surface area contributed by atoms with Crippen LogP contribution in [0.25, 0.3) is 0 Å². The van der Waals surface area contributed by atoms with Crippen LogP contribution in [0.4, 0.5) is 5.69 Å². The summed E-state index contributed by atoms with van der Waals surface area (Å²) in [6, 6.07) is 6.80. The summed E-state index contributed by atoms with van der Waals surface area (Å²) in [7, 11) is 0. The van der Waals surface area contributed by atoms with E-state index in [1.165, 1.54) is 6.92 Å². The summed E-state index contributed by atoms with van der Waals surface area (Å²) in [5, 5.41) is 2.63. The first kappa shape index (κ1) is 9.14. The summed E-state index contributed by atoms with van der Waals surface area (Å²) in [6.07, 6.45) is 6.99. The smallest absolute Gasteiger partial charge is 0.221 e. The van der Waals surface area contributed by atoms with Crippen molar-refractivity contribution < 1.29 is 9.53 Å². The SMILES string of the molecule is C#COc1ccc(NC(C)=O)cc1. The van der Waals surface area contributed by atoms with Gasteiger partial charge in [0.2, 0.25) is 5.91 Å². The second-order valence-electron chi connectivity index (χ2n) is 2.43. The third-order valence-corrected chi connectivity index (χ3v) is 1.35. The van der Waals surface area contributed by atoms with Gasteiger partial charge in [0.25, 0.3) is 0 Å². The molecule has 0 saturated carbocycles. The Balaban J connectivity index is 2.70. The molecule has 0 heterocycles. The van der Waals surface area contributed by atoms with Gasteiger partial charge in [-0.05, 0) is 24.3 Å². The number of rotatable bonds is 2. The summed E-state index contributed by atoms with van der Waals surface area (Å²) in [4.78, 5) is 10.6. The van der Waals surface area contributed by atoms with Gasteiger partial charge in [0.1, 0.15) is 11.9 Å². The number of ether oxygens (including phenoxy) is 1. The lowest BCUT2D eigenvalue weighted by molar-refractivity contribution is -0.114. The minimum absolute atomic E-state index is 0.106. The van der Waals surface area contributed by atoms with E-state index in [-0.39, 0.29) is 5.91 Å². The van der Waals surface area contributed by atoms with Crippen LogP contribution in [0.15, 0.2) is 24.3 Å². The van der Waals surface area contributed by atoms with E-state index in [4.69, 9.17) is 11.2 Å². The zero-order valence-electron chi connectivity index (χ0n) is 7.20. The van der Waals surface area contributed by atoms with Crippen LogP contribution in [-0.4, -0.2) is 5.91 Å². The maximum absolute atomic E-state index is 10.6. The number of terminal acetylenes is 1. The largest absolute Gasteiger partial charge is 0.408 e.